The third kappa shape index (κ3) is 7.62. The first kappa shape index (κ1) is 30.5. The molecule has 43 heavy (non-hydrogen) atoms. The molecule has 0 bridgehead atoms. The fourth-order valence-electron chi connectivity index (χ4n) is 3.82. The minimum absolute atomic E-state index is 0.202. The Balaban J connectivity index is 1.60. The second-order valence-corrected chi connectivity index (χ2v) is 8.96. The summed E-state index contributed by atoms with van der Waals surface area (Å²) in [6, 6.07) is 1.69. The van der Waals surface area contributed by atoms with Crippen molar-refractivity contribution in [3.63, 3.8) is 0 Å². The van der Waals surface area contributed by atoms with E-state index in [0.717, 1.165) is 16.5 Å². The number of halogens is 3. The molecule has 0 spiro atoms. The van der Waals surface area contributed by atoms with Crippen LogP contribution in [0.4, 0.5) is 13.2 Å². The van der Waals surface area contributed by atoms with Crippen LogP contribution in [0.25, 0.3) is 11.0 Å². The number of benzene rings is 1. The molecule has 18 nitrogen and oxygen atoms in total. The fourth-order valence-corrected chi connectivity index (χ4v) is 3.82. The number of para-hydroxylation sites is 1. The predicted octanol–water partition coefficient (Wildman–Crippen LogP) is -2.09. The van der Waals surface area contributed by atoms with Crippen LogP contribution in [-0.4, -0.2) is 105 Å². The molecule has 21 heteroatoms. The molecular weight excluding hydrogens is 583 g/mol. The van der Waals surface area contributed by atoms with Crippen molar-refractivity contribution in [2.24, 2.45) is 0 Å². The molecule has 228 valence electrons. The first-order chi connectivity index (χ1) is 20.5. The van der Waals surface area contributed by atoms with Gasteiger partial charge in [-0.1, -0.05) is 17.3 Å². The van der Waals surface area contributed by atoms with E-state index in [1.54, 1.807) is 29.6 Å². The lowest BCUT2D eigenvalue weighted by Crippen LogP contribution is -2.59. The molecule has 4 aromatic rings. The first-order valence-corrected chi connectivity index (χ1v) is 12.4. The highest BCUT2D eigenvalue weighted by molar-refractivity contribution is 5.94. The van der Waals surface area contributed by atoms with Gasteiger partial charge in [0.05, 0.1) is 32.3 Å². The molecule has 3 atom stereocenters. The molecule has 0 unspecified atom stereocenters. The number of aryl methyl sites for hydroxylation is 1. The zero-order valence-corrected chi connectivity index (χ0v) is 22.5. The van der Waals surface area contributed by atoms with Crippen molar-refractivity contribution in [2.75, 3.05) is 7.11 Å². The first-order valence-electron chi connectivity index (χ1n) is 12.4. The Morgan fingerprint density at radius 2 is 1.58 bits per heavy atom. The van der Waals surface area contributed by atoms with Gasteiger partial charge < -0.3 is 20.7 Å². The highest BCUT2D eigenvalue weighted by atomic mass is 19.4. The largest absolute Gasteiger partial charge is 0.471 e. The van der Waals surface area contributed by atoms with Crippen molar-refractivity contribution in [3.8, 4) is 0 Å². The summed E-state index contributed by atoms with van der Waals surface area (Å²) in [6.45, 7) is 0.316. The number of amides is 3. The minimum Gasteiger partial charge on any atom is -0.467 e. The number of fused-ring (bicyclic) bond motifs is 1. The van der Waals surface area contributed by atoms with Crippen molar-refractivity contribution < 1.29 is 37.1 Å². The van der Waals surface area contributed by atoms with Crippen molar-refractivity contribution in [2.45, 2.75) is 50.9 Å². The summed E-state index contributed by atoms with van der Waals surface area (Å²) in [4.78, 5) is 54.9. The quantitative estimate of drug-likeness (QED) is 0.148. The maximum absolute atomic E-state index is 13.4. The number of ether oxygens (including phenoxy) is 1. The Morgan fingerprint density at radius 1 is 0.907 bits per heavy atom. The molecular formula is C22H24F3N13O5. The smallest absolute Gasteiger partial charge is 0.467 e. The lowest BCUT2D eigenvalue weighted by atomic mass is 10.2. The SMILES string of the molecule is COC(=O)[C@H](Cn1cncn1)NC(=O)[C@H](Cn1nnnc1C)NC(=O)[C@H](Cn1nnc2ccccc21)NC(=O)C(F)(F)F. The van der Waals surface area contributed by atoms with Gasteiger partial charge in [-0.15, -0.1) is 10.2 Å². The summed E-state index contributed by atoms with van der Waals surface area (Å²) in [5.41, 5.74) is 0.755. The summed E-state index contributed by atoms with van der Waals surface area (Å²) >= 11 is 0. The Labute approximate surface area is 238 Å². The second kappa shape index (κ2) is 13.0. The van der Waals surface area contributed by atoms with E-state index in [0.29, 0.717) is 11.0 Å². The number of aromatic nitrogens is 10. The van der Waals surface area contributed by atoms with Crippen LogP contribution in [0, 0.1) is 6.92 Å². The van der Waals surface area contributed by atoms with Crippen molar-refractivity contribution in [1.82, 2.24) is 65.9 Å². The van der Waals surface area contributed by atoms with Crippen LogP contribution in [0.3, 0.4) is 0 Å². The van der Waals surface area contributed by atoms with Crippen LogP contribution in [0.2, 0.25) is 0 Å². The van der Waals surface area contributed by atoms with Crippen molar-refractivity contribution in [3.05, 3.63) is 42.7 Å². The number of carbonyl (C=O) groups is 4. The molecule has 4 rings (SSSR count). The average Bonchev–Trinajstić information content (AvgIpc) is 3.73. The van der Waals surface area contributed by atoms with Crippen LogP contribution in [0.1, 0.15) is 5.82 Å². The van der Waals surface area contributed by atoms with E-state index in [1.165, 1.54) is 24.3 Å². The van der Waals surface area contributed by atoms with E-state index in [-0.39, 0.29) is 12.4 Å². The van der Waals surface area contributed by atoms with E-state index in [9.17, 15) is 32.3 Å². The lowest BCUT2D eigenvalue weighted by molar-refractivity contribution is -0.175. The summed E-state index contributed by atoms with van der Waals surface area (Å²) < 4.78 is 47.8. The van der Waals surface area contributed by atoms with E-state index >= 15 is 0 Å². The Kier molecular flexibility index (Phi) is 9.20. The van der Waals surface area contributed by atoms with Crippen LogP contribution in [0.15, 0.2) is 36.9 Å². The molecule has 0 saturated carbocycles. The maximum Gasteiger partial charge on any atom is 0.471 e. The van der Waals surface area contributed by atoms with Gasteiger partial charge in [-0.3, -0.25) is 19.1 Å². The third-order valence-electron chi connectivity index (χ3n) is 5.99. The average molecular weight is 608 g/mol. The molecule has 0 fully saturated rings. The lowest BCUT2D eigenvalue weighted by Gasteiger charge is -2.25. The molecule has 3 amide bonds. The van der Waals surface area contributed by atoms with Crippen molar-refractivity contribution >= 4 is 34.7 Å². The molecule has 3 heterocycles. The fraction of sp³-hybridized carbons (Fsp3) is 0.409. The number of alkyl halides is 3. The van der Waals surface area contributed by atoms with E-state index in [1.807, 2.05) is 0 Å². The number of hydrogen-bond donors (Lipinski definition) is 3. The number of esters is 1. The van der Waals surface area contributed by atoms with Crippen LogP contribution in [0.5, 0.6) is 0 Å². The summed E-state index contributed by atoms with van der Waals surface area (Å²) in [5.74, 6) is -5.16. The summed E-state index contributed by atoms with van der Waals surface area (Å²) in [5, 5.41) is 28.9. The number of rotatable bonds is 12. The maximum atomic E-state index is 13.4. The van der Waals surface area contributed by atoms with Gasteiger partial charge in [-0.2, -0.15) is 18.3 Å². The molecule has 1 aromatic carbocycles. The molecule has 3 N–H and O–H groups in total. The Bertz CT molecular complexity index is 1590. The Hall–Kier alpha value is -5.50. The number of nitrogens with one attached hydrogen (secondary N) is 3. The normalized spacial score (nSPS) is 13.6. The minimum atomic E-state index is -5.32. The van der Waals surface area contributed by atoms with Crippen LogP contribution >= 0.6 is 0 Å². The monoisotopic (exact) mass is 607 g/mol. The predicted molar refractivity (Wildman–Crippen MR) is 134 cm³/mol. The summed E-state index contributed by atoms with van der Waals surface area (Å²) in [6.07, 6.45) is -2.83. The van der Waals surface area contributed by atoms with E-state index in [4.69, 9.17) is 4.74 Å². The van der Waals surface area contributed by atoms with Gasteiger partial charge in [0, 0.05) is 0 Å². The number of tetrazole rings is 1. The number of carbonyl (C=O) groups excluding carboxylic acids is 4. The van der Waals surface area contributed by atoms with Crippen molar-refractivity contribution in [1.29, 1.82) is 0 Å². The number of hydrogen-bond acceptors (Lipinski definition) is 12. The molecule has 3 aromatic heterocycles. The zero-order chi connectivity index (χ0) is 31.1. The molecule has 0 saturated heterocycles. The van der Waals surface area contributed by atoms with Gasteiger partial charge in [-0.25, -0.2) is 19.1 Å². The summed E-state index contributed by atoms with van der Waals surface area (Å²) in [7, 11) is 1.09. The van der Waals surface area contributed by atoms with E-state index < -0.39 is 61.1 Å². The number of nitrogens with zero attached hydrogens (tertiary/aromatic N) is 10. The molecule has 0 aliphatic heterocycles. The topological polar surface area (TPSA) is 219 Å². The van der Waals surface area contributed by atoms with E-state index in [2.05, 4.69) is 46.6 Å². The number of methoxy groups -OCH3 is 1. The molecule has 0 radical (unpaired) electrons. The van der Waals surface area contributed by atoms with Gasteiger partial charge in [-0.05, 0) is 29.5 Å². The van der Waals surface area contributed by atoms with Crippen LogP contribution < -0.4 is 16.0 Å². The van der Waals surface area contributed by atoms with Gasteiger partial charge in [0.1, 0.15) is 42.1 Å². The van der Waals surface area contributed by atoms with Gasteiger partial charge in [0.15, 0.2) is 0 Å². The van der Waals surface area contributed by atoms with Crippen LogP contribution in [-0.2, 0) is 43.5 Å². The van der Waals surface area contributed by atoms with Gasteiger partial charge >= 0.3 is 18.1 Å². The Morgan fingerprint density at radius 3 is 2.21 bits per heavy atom. The molecule has 0 aliphatic carbocycles. The zero-order valence-electron chi connectivity index (χ0n) is 22.5. The highest BCUT2D eigenvalue weighted by Gasteiger charge is 2.41. The van der Waals surface area contributed by atoms with Gasteiger partial charge in [0.25, 0.3) is 0 Å². The molecule has 0 aliphatic rings. The standard InChI is InChI=1S/C22H24F3N13O5/c1-12-31-33-35-37(12)8-14(18(39)29-16(20(41)43-2)7-36-11-26-10-27-36)28-19(40)15(30-21(42)22(23,24)25)9-38-17-6-4-3-5-13(17)32-34-38/h3-6,10-11,14-16H,7-9H2,1-2H3,(H,28,40)(H,29,39)(H,30,42)/t14-,15-,16-/m0/s1. The second-order valence-electron chi connectivity index (χ2n) is 8.96. The highest BCUT2D eigenvalue weighted by Crippen LogP contribution is 2.16. The third-order valence-corrected chi connectivity index (χ3v) is 5.99. The van der Waals surface area contributed by atoms with Gasteiger partial charge in [0.2, 0.25) is 11.8 Å².